The third-order valence-electron chi connectivity index (χ3n) is 4.43. The summed E-state index contributed by atoms with van der Waals surface area (Å²) >= 11 is 5.98. The Hall–Kier alpha value is -2.46. The van der Waals surface area contributed by atoms with Crippen molar-refractivity contribution in [2.45, 2.75) is 11.8 Å². The van der Waals surface area contributed by atoms with Gasteiger partial charge in [0.15, 0.2) is 0 Å². The van der Waals surface area contributed by atoms with Crippen molar-refractivity contribution in [3.8, 4) is 0 Å². The zero-order chi connectivity index (χ0) is 21.0. The predicted molar refractivity (Wildman–Crippen MR) is 112 cm³/mol. The van der Waals surface area contributed by atoms with Crippen molar-refractivity contribution in [1.29, 1.82) is 0 Å². The number of nitrogens with one attached hydrogen (secondary N) is 1. The van der Waals surface area contributed by atoms with Crippen LogP contribution in [0.25, 0.3) is 0 Å². The Morgan fingerprint density at radius 1 is 1.21 bits per heavy atom. The van der Waals surface area contributed by atoms with Gasteiger partial charge in [0.1, 0.15) is 0 Å². The zero-order valence-corrected chi connectivity index (χ0v) is 17.3. The van der Waals surface area contributed by atoms with E-state index in [4.69, 9.17) is 22.1 Å². The van der Waals surface area contributed by atoms with Crippen molar-refractivity contribution < 1.29 is 17.9 Å². The van der Waals surface area contributed by atoms with Gasteiger partial charge in [-0.25, -0.2) is 13.8 Å². The molecule has 2 aromatic carbocycles. The predicted octanol–water partition coefficient (Wildman–Crippen LogP) is 2.10. The van der Waals surface area contributed by atoms with E-state index in [0.717, 1.165) is 0 Å². The lowest BCUT2D eigenvalue weighted by molar-refractivity contribution is 0.0730. The lowest BCUT2D eigenvalue weighted by Crippen LogP contribution is -2.40. The number of hydrogen-bond donors (Lipinski definition) is 2. The van der Waals surface area contributed by atoms with E-state index in [0.29, 0.717) is 35.2 Å². The molecule has 2 aromatic rings. The molecule has 0 atom stereocenters. The summed E-state index contributed by atoms with van der Waals surface area (Å²) in [5, 5.41) is 4.55. The van der Waals surface area contributed by atoms with Crippen molar-refractivity contribution in [2.24, 2.45) is 5.10 Å². The van der Waals surface area contributed by atoms with Crippen LogP contribution in [0.1, 0.15) is 22.8 Å². The normalized spacial score (nSPS) is 15.9. The molecule has 0 spiro atoms. The SMILES string of the molecule is CC(=NNC(=O)c1cccc(S(=O)(=O)N2CCOCC2)c1)c1cc(Cl)ccc1N. The van der Waals surface area contributed by atoms with Gasteiger partial charge in [-0.1, -0.05) is 17.7 Å². The lowest BCUT2D eigenvalue weighted by atomic mass is 10.1. The molecule has 1 aliphatic heterocycles. The van der Waals surface area contributed by atoms with Crippen LogP contribution < -0.4 is 11.2 Å². The van der Waals surface area contributed by atoms with Gasteiger partial charge in [-0.05, 0) is 43.3 Å². The molecular weight excluding hydrogens is 416 g/mol. The molecule has 3 N–H and O–H groups in total. The maximum Gasteiger partial charge on any atom is 0.271 e. The van der Waals surface area contributed by atoms with E-state index >= 15 is 0 Å². The first-order valence-electron chi connectivity index (χ1n) is 8.87. The van der Waals surface area contributed by atoms with Crippen molar-refractivity contribution in [1.82, 2.24) is 9.73 Å². The Kier molecular flexibility index (Phi) is 6.53. The summed E-state index contributed by atoms with van der Waals surface area (Å²) in [4.78, 5) is 12.5. The fraction of sp³-hybridized carbons (Fsp3) is 0.263. The van der Waals surface area contributed by atoms with Crippen molar-refractivity contribution in [3.63, 3.8) is 0 Å². The number of nitrogen functional groups attached to an aromatic ring is 1. The fourth-order valence-electron chi connectivity index (χ4n) is 2.84. The summed E-state index contributed by atoms with van der Waals surface area (Å²) in [7, 11) is -3.70. The van der Waals surface area contributed by atoms with Gasteiger partial charge >= 0.3 is 0 Å². The molecule has 10 heteroatoms. The summed E-state index contributed by atoms with van der Waals surface area (Å²) in [5.74, 6) is -0.538. The Bertz CT molecular complexity index is 1050. The minimum absolute atomic E-state index is 0.0480. The number of hydrogen-bond acceptors (Lipinski definition) is 6. The third-order valence-corrected chi connectivity index (χ3v) is 6.56. The molecule has 0 bridgehead atoms. The van der Waals surface area contributed by atoms with Crippen molar-refractivity contribution >= 4 is 38.9 Å². The molecule has 0 aliphatic carbocycles. The van der Waals surface area contributed by atoms with Gasteiger partial charge in [0.2, 0.25) is 10.0 Å². The highest BCUT2D eigenvalue weighted by molar-refractivity contribution is 7.89. The second-order valence-corrected chi connectivity index (χ2v) is 8.79. The van der Waals surface area contributed by atoms with E-state index in [-0.39, 0.29) is 23.5 Å². The minimum Gasteiger partial charge on any atom is -0.398 e. The number of morpholine rings is 1. The molecule has 8 nitrogen and oxygen atoms in total. The van der Waals surface area contributed by atoms with Crippen molar-refractivity contribution in [2.75, 3.05) is 32.0 Å². The highest BCUT2D eigenvalue weighted by Crippen LogP contribution is 2.20. The Labute approximate surface area is 174 Å². The van der Waals surface area contributed by atoms with E-state index < -0.39 is 15.9 Å². The summed E-state index contributed by atoms with van der Waals surface area (Å²) in [6.07, 6.45) is 0. The number of sulfonamides is 1. The molecule has 154 valence electrons. The molecule has 0 unspecified atom stereocenters. The molecule has 0 saturated carbocycles. The number of hydrazone groups is 1. The van der Waals surface area contributed by atoms with Crippen LogP contribution in [0.3, 0.4) is 0 Å². The molecule has 1 amide bonds. The van der Waals surface area contributed by atoms with E-state index in [2.05, 4.69) is 10.5 Å². The standard InChI is InChI=1S/C19H21ClN4O4S/c1-13(17-12-15(20)5-6-18(17)21)22-23-19(25)14-3-2-4-16(11-14)29(26,27)24-7-9-28-10-8-24/h2-6,11-12H,7-10,21H2,1H3,(H,23,25). The molecule has 1 aliphatic rings. The van der Waals surface area contributed by atoms with Crippen LogP contribution in [0.4, 0.5) is 5.69 Å². The number of carbonyl (C=O) groups excluding carboxylic acids is 1. The summed E-state index contributed by atoms with van der Waals surface area (Å²) in [6, 6.07) is 10.8. The van der Waals surface area contributed by atoms with E-state index in [1.807, 2.05) is 0 Å². The third kappa shape index (κ3) is 4.94. The minimum atomic E-state index is -3.70. The smallest absolute Gasteiger partial charge is 0.271 e. The van der Waals surface area contributed by atoms with Crippen LogP contribution in [0.15, 0.2) is 52.5 Å². The van der Waals surface area contributed by atoms with Gasteiger partial charge in [0, 0.05) is 34.9 Å². The van der Waals surface area contributed by atoms with Gasteiger partial charge in [-0.3, -0.25) is 4.79 Å². The van der Waals surface area contributed by atoms with E-state index in [1.165, 1.54) is 28.6 Å². The average molecular weight is 437 g/mol. The molecule has 1 heterocycles. The second kappa shape index (κ2) is 8.91. The molecule has 0 radical (unpaired) electrons. The maximum atomic E-state index is 12.8. The van der Waals surface area contributed by atoms with Gasteiger partial charge in [0.25, 0.3) is 5.91 Å². The second-order valence-electron chi connectivity index (χ2n) is 6.41. The molecule has 0 aromatic heterocycles. The Balaban J connectivity index is 1.78. The number of ether oxygens (including phenoxy) is 1. The quantitative estimate of drug-likeness (QED) is 0.423. The van der Waals surface area contributed by atoms with Crippen LogP contribution in [-0.4, -0.2) is 50.6 Å². The van der Waals surface area contributed by atoms with Crippen LogP contribution in [0.2, 0.25) is 5.02 Å². The van der Waals surface area contributed by atoms with Gasteiger partial charge in [0.05, 0.1) is 23.8 Å². The number of carbonyl (C=O) groups is 1. The van der Waals surface area contributed by atoms with Crippen molar-refractivity contribution in [3.05, 3.63) is 58.6 Å². The van der Waals surface area contributed by atoms with Crippen LogP contribution in [0, 0.1) is 0 Å². The number of benzene rings is 2. The van der Waals surface area contributed by atoms with E-state index in [9.17, 15) is 13.2 Å². The first kappa shape index (κ1) is 21.3. The topological polar surface area (TPSA) is 114 Å². The number of halogens is 1. The zero-order valence-electron chi connectivity index (χ0n) is 15.8. The van der Waals surface area contributed by atoms with Gasteiger partial charge < -0.3 is 10.5 Å². The van der Waals surface area contributed by atoms with Gasteiger partial charge in [-0.2, -0.15) is 9.41 Å². The number of nitrogens with two attached hydrogens (primary N) is 1. The summed E-state index contributed by atoms with van der Waals surface area (Å²) < 4.78 is 32.1. The van der Waals surface area contributed by atoms with E-state index in [1.54, 1.807) is 25.1 Å². The Morgan fingerprint density at radius 2 is 1.93 bits per heavy atom. The molecule has 3 rings (SSSR count). The molecule has 1 fully saturated rings. The highest BCUT2D eigenvalue weighted by atomic mass is 35.5. The fourth-order valence-corrected chi connectivity index (χ4v) is 4.46. The van der Waals surface area contributed by atoms with Crippen LogP contribution >= 0.6 is 11.6 Å². The molecular formula is C19H21ClN4O4S. The number of amides is 1. The number of rotatable bonds is 5. The Morgan fingerprint density at radius 3 is 2.66 bits per heavy atom. The average Bonchev–Trinajstić information content (AvgIpc) is 2.74. The summed E-state index contributed by atoms with van der Waals surface area (Å²) in [6.45, 7) is 2.94. The highest BCUT2D eigenvalue weighted by Gasteiger charge is 2.26. The lowest BCUT2D eigenvalue weighted by Gasteiger charge is -2.26. The first-order valence-corrected chi connectivity index (χ1v) is 10.7. The molecule has 29 heavy (non-hydrogen) atoms. The molecule has 1 saturated heterocycles. The number of nitrogens with zero attached hydrogens (tertiary/aromatic N) is 2. The van der Waals surface area contributed by atoms with Crippen LogP contribution in [0.5, 0.6) is 0 Å². The summed E-state index contributed by atoms with van der Waals surface area (Å²) in [5.41, 5.74) is 10.1. The van der Waals surface area contributed by atoms with Gasteiger partial charge in [-0.15, -0.1) is 0 Å². The number of anilines is 1. The maximum absolute atomic E-state index is 12.8. The first-order chi connectivity index (χ1) is 13.8. The van der Waals surface area contributed by atoms with Crippen LogP contribution in [-0.2, 0) is 14.8 Å². The monoisotopic (exact) mass is 436 g/mol. The largest absolute Gasteiger partial charge is 0.398 e.